The van der Waals surface area contributed by atoms with E-state index in [1.54, 1.807) is 12.1 Å². The van der Waals surface area contributed by atoms with Gasteiger partial charge in [0.1, 0.15) is 5.02 Å². The Balaban J connectivity index is 1.51. The summed E-state index contributed by atoms with van der Waals surface area (Å²) in [5.41, 5.74) is 7.40. The molecule has 2 fully saturated rings. The van der Waals surface area contributed by atoms with Crippen molar-refractivity contribution in [1.82, 2.24) is 15.3 Å². The molecule has 3 atom stereocenters. The van der Waals surface area contributed by atoms with Crippen LogP contribution in [0.4, 0.5) is 17.5 Å². The Kier molecular flexibility index (Phi) is 7.36. The van der Waals surface area contributed by atoms with E-state index in [4.69, 9.17) is 17.3 Å². The number of amides is 2. The molecule has 0 bridgehead atoms. The van der Waals surface area contributed by atoms with Crippen LogP contribution in [0.1, 0.15) is 54.4 Å². The third kappa shape index (κ3) is 5.50. The van der Waals surface area contributed by atoms with Crippen molar-refractivity contribution in [3.63, 3.8) is 0 Å². The molecule has 0 saturated heterocycles. The normalized spacial score (nSPS) is 22.4. The van der Waals surface area contributed by atoms with Crippen molar-refractivity contribution in [3.05, 3.63) is 53.2 Å². The summed E-state index contributed by atoms with van der Waals surface area (Å²) >= 11 is 6.43. The Hall–Kier alpha value is -3.13. The van der Waals surface area contributed by atoms with Gasteiger partial charge < -0.3 is 21.7 Å². The first-order valence-corrected chi connectivity index (χ1v) is 12.1. The number of benzene rings is 1. The van der Waals surface area contributed by atoms with Gasteiger partial charge in [-0.25, -0.2) is 4.98 Å². The highest BCUT2D eigenvalue weighted by molar-refractivity contribution is 6.32. The minimum absolute atomic E-state index is 0.0135. The predicted molar refractivity (Wildman–Crippen MR) is 134 cm³/mol. The molecule has 2 saturated carbocycles. The van der Waals surface area contributed by atoms with Crippen LogP contribution in [0, 0.1) is 18.8 Å². The predicted octanol–water partition coefficient (Wildman–Crippen LogP) is 4.33. The maximum Gasteiger partial charge on any atom is 0.248 e. The van der Waals surface area contributed by atoms with Crippen LogP contribution in [0.2, 0.25) is 5.02 Å². The second-order valence-corrected chi connectivity index (χ2v) is 9.65. The van der Waals surface area contributed by atoms with Crippen molar-refractivity contribution in [2.75, 3.05) is 10.6 Å². The van der Waals surface area contributed by atoms with E-state index in [9.17, 15) is 9.59 Å². The fraction of sp³-hybridized carbons (Fsp3) is 0.440. The van der Waals surface area contributed by atoms with Crippen LogP contribution in [0.15, 0.2) is 37.1 Å². The average Bonchev–Trinajstić information content (AvgIpc) is 2.77. The monoisotopic (exact) mass is 482 g/mol. The number of nitrogens with zero attached hydrogens (tertiary/aromatic N) is 2. The zero-order valence-electron chi connectivity index (χ0n) is 19.3. The second kappa shape index (κ2) is 10.4. The lowest BCUT2D eigenvalue weighted by atomic mass is 9.68. The van der Waals surface area contributed by atoms with Crippen molar-refractivity contribution < 1.29 is 9.59 Å². The molecule has 1 heterocycles. The molecule has 2 aliphatic carbocycles. The molecule has 4 rings (SSSR count). The summed E-state index contributed by atoms with van der Waals surface area (Å²) in [5, 5.41) is 10.1. The molecule has 1 unspecified atom stereocenters. The van der Waals surface area contributed by atoms with Crippen LogP contribution in [0.3, 0.4) is 0 Å². The molecule has 34 heavy (non-hydrogen) atoms. The summed E-state index contributed by atoms with van der Waals surface area (Å²) in [7, 11) is 0. The molecule has 8 nitrogen and oxygen atoms in total. The number of aromatic nitrogens is 2. The maximum absolute atomic E-state index is 12.1. The molecule has 2 aromatic rings. The van der Waals surface area contributed by atoms with E-state index in [2.05, 4.69) is 32.5 Å². The quantitative estimate of drug-likeness (QED) is 0.415. The Morgan fingerprint density at radius 1 is 1.18 bits per heavy atom. The summed E-state index contributed by atoms with van der Waals surface area (Å²) in [6.45, 7) is 5.51. The number of carbonyl (C=O) groups excluding carboxylic acids is 2. The lowest BCUT2D eigenvalue weighted by molar-refractivity contribution is -0.117. The van der Waals surface area contributed by atoms with Gasteiger partial charge in [0.15, 0.2) is 5.82 Å². The van der Waals surface area contributed by atoms with Crippen LogP contribution in [-0.4, -0.2) is 33.9 Å². The molecule has 0 radical (unpaired) electrons. The smallest absolute Gasteiger partial charge is 0.248 e. The van der Waals surface area contributed by atoms with Gasteiger partial charge in [0.2, 0.25) is 17.8 Å². The fourth-order valence-electron chi connectivity index (χ4n) is 4.85. The lowest BCUT2D eigenvalue weighted by Gasteiger charge is -2.43. The van der Waals surface area contributed by atoms with Crippen LogP contribution in [-0.2, 0) is 4.79 Å². The summed E-state index contributed by atoms with van der Waals surface area (Å²) < 4.78 is 0. The lowest BCUT2D eigenvalue weighted by Crippen LogP contribution is -2.51. The van der Waals surface area contributed by atoms with E-state index >= 15 is 0 Å². The molecular formula is C25H31ClN6O2. The summed E-state index contributed by atoms with van der Waals surface area (Å²) in [6, 6.07) is 5.11. The highest BCUT2D eigenvalue weighted by atomic mass is 35.5. The van der Waals surface area contributed by atoms with E-state index in [0.717, 1.165) is 30.7 Å². The van der Waals surface area contributed by atoms with Crippen LogP contribution >= 0.6 is 11.6 Å². The Labute approximate surface area is 204 Å². The molecule has 1 aromatic carbocycles. The van der Waals surface area contributed by atoms with E-state index in [-0.39, 0.29) is 18.0 Å². The number of halogens is 1. The zero-order chi connectivity index (χ0) is 24.2. The number of carbonyl (C=O) groups is 2. The van der Waals surface area contributed by atoms with Crippen LogP contribution < -0.4 is 21.7 Å². The molecule has 2 aliphatic rings. The van der Waals surface area contributed by atoms with Crippen LogP contribution in [0.25, 0.3) is 0 Å². The summed E-state index contributed by atoms with van der Waals surface area (Å²) in [4.78, 5) is 32.5. The standard InChI is InChI=1S/C25H31ClN6O2/c1-3-22(33)29-21-11-16(15-5-4-6-15)9-10-19(21)30-24-18(26)13-28-25(32-24)31-20-12-17(23(27)34)8-7-14(20)2/h3,7-8,12-13,15-16,19,21H,1,4-6,9-11H2,2H3,(H2,27,34)(H,29,33)(H2,28,30,31,32)/t16?,19-,21-/m0/s1. The Morgan fingerprint density at radius 2 is 1.97 bits per heavy atom. The van der Waals surface area contributed by atoms with Crippen molar-refractivity contribution >= 4 is 40.9 Å². The van der Waals surface area contributed by atoms with Gasteiger partial charge in [-0.15, -0.1) is 0 Å². The third-order valence-corrected chi connectivity index (χ3v) is 7.33. The molecule has 1 aromatic heterocycles. The number of hydrogen-bond donors (Lipinski definition) is 4. The van der Waals surface area contributed by atoms with Gasteiger partial charge >= 0.3 is 0 Å². The van der Waals surface area contributed by atoms with Gasteiger partial charge in [0, 0.05) is 23.3 Å². The number of primary amides is 1. The largest absolute Gasteiger partial charge is 0.366 e. The molecule has 180 valence electrons. The molecular weight excluding hydrogens is 452 g/mol. The molecule has 0 aliphatic heterocycles. The van der Waals surface area contributed by atoms with Crippen molar-refractivity contribution in [3.8, 4) is 0 Å². The number of nitrogens with two attached hydrogens (primary N) is 1. The first-order chi connectivity index (χ1) is 16.3. The van der Waals surface area contributed by atoms with E-state index in [1.165, 1.54) is 31.5 Å². The topological polar surface area (TPSA) is 122 Å². The highest BCUT2D eigenvalue weighted by Gasteiger charge is 2.37. The van der Waals surface area contributed by atoms with Crippen molar-refractivity contribution in [2.24, 2.45) is 17.6 Å². The minimum Gasteiger partial charge on any atom is -0.366 e. The van der Waals surface area contributed by atoms with Crippen LogP contribution in [0.5, 0.6) is 0 Å². The Morgan fingerprint density at radius 3 is 2.65 bits per heavy atom. The summed E-state index contributed by atoms with van der Waals surface area (Å²) in [5.74, 6) is 1.54. The van der Waals surface area contributed by atoms with Gasteiger partial charge in [0.05, 0.1) is 6.20 Å². The molecule has 5 N–H and O–H groups in total. The molecule has 0 spiro atoms. The molecule has 2 amide bonds. The van der Waals surface area contributed by atoms with Crippen molar-refractivity contribution in [2.45, 2.75) is 57.5 Å². The van der Waals surface area contributed by atoms with Gasteiger partial charge in [0.25, 0.3) is 0 Å². The minimum atomic E-state index is -0.507. The van der Waals surface area contributed by atoms with Gasteiger partial charge in [-0.3, -0.25) is 9.59 Å². The number of nitrogens with one attached hydrogen (secondary N) is 3. The summed E-state index contributed by atoms with van der Waals surface area (Å²) in [6.07, 6.45) is 9.66. The van der Waals surface area contributed by atoms with Crippen molar-refractivity contribution in [1.29, 1.82) is 0 Å². The number of aryl methyl sites for hydroxylation is 1. The maximum atomic E-state index is 12.1. The second-order valence-electron chi connectivity index (χ2n) is 9.24. The van der Waals surface area contributed by atoms with E-state index in [0.29, 0.717) is 34.0 Å². The first kappa shape index (κ1) is 24.0. The Bertz CT molecular complexity index is 1090. The zero-order valence-corrected chi connectivity index (χ0v) is 20.1. The number of anilines is 3. The SMILES string of the molecule is C=CC(=O)N[C@H]1CC(C2CCC2)CC[C@@H]1Nc1nc(Nc2cc(C(N)=O)ccc2C)ncc1Cl. The van der Waals surface area contributed by atoms with Gasteiger partial charge in [-0.2, -0.15) is 4.98 Å². The number of rotatable bonds is 8. The van der Waals surface area contributed by atoms with Gasteiger partial charge in [-0.1, -0.05) is 43.5 Å². The highest BCUT2D eigenvalue weighted by Crippen LogP contribution is 2.41. The van der Waals surface area contributed by atoms with Gasteiger partial charge in [-0.05, 0) is 61.8 Å². The third-order valence-electron chi connectivity index (χ3n) is 7.06. The first-order valence-electron chi connectivity index (χ1n) is 11.7. The molecule has 9 heteroatoms. The van der Waals surface area contributed by atoms with E-state index < -0.39 is 5.91 Å². The number of hydrogen-bond acceptors (Lipinski definition) is 6. The van der Waals surface area contributed by atoms with E-state index in [1.807, 2.05) is 13.0 Å². The fourth-order valence-corrected chi connectivity index (χ4v) is 5.00. The average molecular weight is 483 g/mol.